The second kappa shape index (κ2) is 3.82. The van der Waals surface area contributed by atoms with Crippen LogP contribution in [-0.2, 0) is 4.74 Å². The minimum atomic E-state index is -0.113. The third kappa shape index (κ3) is 1.56. The number of halogens is 1. The van der Waals surface area contributed by atoms with Gasteiger partial charge in [0, 0.05) is 7.11 Å². The Bertz CT molecular complexity index is 284. The predicted octanol–water partition coefficient (Wildman–Crippen LogP) is 1.81. The average molecular weight is 232 g/mol. The van der Waals surface area contributed by atoms with Gasteiger partial charge >= 0.3 is 0 Å². The Morgan fingerprint density at radius 1 is 1.83 bits per heavy atom. The van der Waals surface area contributed by atoms with Crippen molar-refractivity contribution in [2.45, 2.75) is 13.2 Å². The normalized spacial score (nSPS) is 12.9. The third-order valence-electron chi connectivity index (χ3n) is 1.61. The highest BCUT2D eigenvalue weighted by Gasteiger charge is 2.10. The fourth-order valence-corrected chi connectivity index (χ4v) is 1.50. The Balaban J connectivity index is 3.09. The van der Waals surface area contributed by atoms with Gasteiger partial charge in [-0.2, -0.15) is 0 Å². The van der Waals surface area contributed by atoms with Crippen LogP contribution in [0, 0.1) is 5.41 Å². The van der Waals surface area contributed by atoms with Gasteiger partial charge in [0.1, 0.15) is 10.8 Å². The van der Waals surface area contributed by atoms with E-state index in [1.165, 1.54) is 6.21 Å². The third-order valence-corrected chi connectivity index (χ3v) is 2.20. The Morgan fingerprint density at radius 2 is 2.50 bits per heavy atom. The number of imidazole rings is 1. The number of hydrogen-bond acceptors (Lipinski definition) is 3. The predicted molar refractivity (Wildman–Crippen MR) is 49.5 cm³/mol. The number of methoxy groups -OCH3 is 1. The zero-order valence-corrected chi connectivity index (χ0v) is 8.50. The van der Waals surface area contributed by atoms with Crippen molar-refractivity contribution < 1.29 is 4.74 Å². The number of aromatic nitrogens is 2. The number of ether oxygens (including phenoxy) is 1. The van der Waals surface area contributed by atoms with Gasteiger partial charge in [-0.15, -0.1) is 0 Å². The van der Waals surface area contributed by atoms with E-state index in [9.17, 15) is 0 Å². The molecule has 4 nitrogen and oxygen atoms in total. The summed E-state index contributed by atoms with van der Waals surface area (Å²) in [7, 11) is 1.62. The maximum absolute atomic E-state index is 7.08. The van der Waals surface area contributed by atoms with Gasteiger partial charge in [-0.05, 0) is 22.9 Å². The van der Waals surface area contributed by atoms with Crippen LogP contribution in [0.4, 0.5) is 0 Å². The first-order valence-electron chi connectivity index (χ1n) is 3.46. The molecule has 0 bridgehead atoms. The minimum absolute atomic E-state index is 0.113. The van der Waals surface area contributed by atoms with Crippen molar-refractivity contribution >= 4 is 22.1 Å². The van der Waals surface area contributed by atoms with Gasteiger partial charge < -0.3 is 10.1 Å². The van der Waals surface area contributed by atoms with Crippen molar-refractivity contribution in [1.29, 1.82) is 5.41 Å². The molecule has 1 aromatic rings. The van der Waals surface area contributed by atoms with Crippen LogP contribution in [0.5, 0.6) is 0 Å². The highest BCUT2D eigenvalue weighted by Crippen LogP contribution is 2.18. The second-order valence-corrected chi connectivity index (χ2v) is 3.10. The lowest BCUT2D eigenvalue weighted by Crippen LogP contribution is -2.10. The number of hydrogen-bond donors (Lipinski definition) is 1. The second-order valence-electron chi connectivity index (χ2n) is 2.29. The molecule has 1 aromatic heterocycles. The van der Waals surface area contributed by atoms with E-state index in [4.69, 9.17) is 10.1 Å². The lowest BCUT2D eigenvalue weighted by atomic mass is 10.5. The lowest BCUT2D eigenvalue weighted by molar-refractivity contribution is 0.0584. The van der Waals surface area contributed by atoms with E-state index in [0.717, 1.165) is 4.60 Å². The van der Waals surface area contributed by atoms with Gasteiger partial charge in [0.05, 0.1) is 12.4 Å². The quantitative estimate of drug-likeness (QED) is 0.808. The van der Waals surface area contributed by atoms with Crippen LogP contribution in [-0.4, -0.2) is 22.9 Å². The van der Waals surface area contributed by atoms with E-state index < -0.39 is 0 Å². The molecule has 1 unspecified atom stereocenters. The van der Waals surface area contributed by atoms with E-state index in [0.29, 0.717) is 5.82 Å². The van der Waals surface area contributed by atoms with Crippen LogP contribution in [0.25, 0.3) is 0 Å². The molecule has 0 saturated carbocycles. The summed E-state index contributed by atoms with van der Waals surface area (Å²) in [5.74, 6) is 0.580. The summed E-state index contributed by atoms with van der Waals surface area (Å²) in [4.78, 5) is 4.00. The van der Waals surface area contributed by atoms with Gasteiger partial charge in [-0.25, -0.2) is 4.98 Å². The first kappa shape index (κ1) is 9.41. The SMILES string of the molecule is COC(C)n1c(Br)cnc1C=N. The molecule has 1 heterocycles. The fraction of sp³-hybridized carbons (Fsp3) is 0.429. The number of rotatable bonds is 3. The standard InChI is InChI=1S/C7H10BrN3O/c1-5(12-2)11-6(8)4-10-7(11)3-9/h3-5,9H,1-2H3. The van der Waals surface area contributed by atoms with E-state index in [1.54, 1.807) is 17.9 Å². The molecule has 0 aliphatic heterocycles. The van der Waals surface area contributed by atoms with Crippen LogP contribution in [0.1, 0.15) is 19.0 Å². The molecule has 0 aliphatic rings. The van der Waals surface area contributed by atoms with E-state index in [-0.39, 0.29) is 6.23 Å². The van der Waals surface area contributed by atoms with Gasteiger partial charge in [0.2, 0.25) is 0 Å². The summed E-state index contributed by atoms with van der Waals surface area (Å²) in [6.45, 7) is 1.89. The van der Waals surface area contributed by atoms with Crippen molar-refractivity contribution in [3.63, 3.8) is 0 Å². The molecule has 1 atom stereocenters. The summed E-state index contributed by atoms with van der Waals surface area (Å²) >= 11 is 3.32. The smallest absolute Gasteiger partial charge is 0.153 e. The zero-order valence-electron chi connectivity index (χ0n) is 6.91. The Hall–Kier alpha value is -0.680. The first-order valence-corrected chi connectivity index (χ1v) is 4.26. The monoisotopic (exact) mass is 231 g/mol. The lowest BCUT2D eigenvalue weighted by Gasteiger charge is -2.13. The van der Waals surface area contributed by atoms with E-state index >= 15 is 0 Å². The van der Waals surface area contributed by atoms with Crippen molar-refractivity contribution in [2.75, 3.05) is 7.11 Å². The Labute approximate surface area is 79.2 Å². The highest BCUT2D eigenvalue weighted by atomic mass is 79.9. The molecule has 0 fully saturated rings. The molecule has 0 aromatic carbocycles. The van der Waals surface area contributed by atoms with Crippen LogP contribution >= 0.6 is 15.9 Å². The Kier molecular flexibility index (Phi) is 2.99. The molecular formula is C7H10BrN3O. The molecule has 0 spiro atoms. The van der Waals surface area contributed by atoms with Crippen LogP contribution < -0.4 is 0 Å². The van der Waals surface area contributed by atoms with Crippen molar-refractivity contribution in [3.05, 3.63) is 16.6 Å². The van der Waals surface area contributed by atoms with Crippen molar-refractivity contribution in [2.24, 2.45) is 0 Å². The molecular weight excluding hydrogens is 222 g/mol. The molecule has 0 saturated heterocycles. The maximum Gasteiger partial charge on any atom is 0.153 e. The molecule has 1 rings (SSSR count). The van der Waals surface area contributed by atoms with Gasteiger partial charge in [0.25, 0.3) is 0 Å². The molecule has 0 radical (unpaired) electrons. The average Bonchev–Trinajstić information content (AvgIpc) is 2.45. The highest BCUT2D eigenvalue weighted by molar-refractivity contribution is 9.10. The maximum atomic E-state index is 7.08. The Morgan fingerprint density at radius 3 is 3.00 bits per heavy atom. The van der Waals surface area contributed by atoms with Gasteiger partial charge in [0.15, 0.2) is 5.82 Å². The molecule has 5 heteroatoms. The van der Waals surface area contributed by atoms with E-state index in [2.05, 4.69) is 20.9 Å². The summed E-state index contributed by atoms with van der Waals surface area (Å²) in [5, 5.41) is 7.08. The molecule has 0 aliphatic carbocycles. The molecule has 66 valence electrons. The first-order chi connectivity index (χ1) is 5.70. The van der Waals surface area contributed by atoms with Crippen LogP contribution in [0.3, 0.4) is 0 Å². The zero-order chi connectivity index (χ0) is 9.14. The van der Waals surface area contributed by atoms with Crippen LogP contribution in [0.2, 0.25) is 0 Å². The fourth-order valence-electron chi connectivity index (χ4n) is 0.925. The van der Waals surface area contributed by atoms with Crippen molar-refractivity contribution in [1.82, 2.24) is 9.55 Å². The topological polar surface area (TPSA) is 50.9 Å². The van der Waals surface area contributed by atoms with Crippen LogP contribution in [0.15, 0.2) is 10.8 Å². The van der Waals surface area contributed by atoms with Crippen molar-refractivity contribution in [3.8, 4) is 0 Å². The summed E-state index contributed by atoms with van der Waals surface area (Å²) < 4.78 is 7.71. The van der Waals surface area contributed by atoms with E-state index in [1.807, 2.05) is 6.92 Å². The molecule has 1 N–H and O–H groups in total. The molecule has 0 amide bonds. The van der Waals surface area contributed by atoms with Gasteiger partial charge in [-0.3, -0.25) is 4.57 Å². The summed E-state index contributed by atoms with van der Waals surface area (Å²) in [6, 6.07) is 0. The summed E-state index contributed by atoms with van der Waals surface area (Å²) in [5.41, 5.74) is 0. The minimum Gasteiger partial charge on any atom is -0.361 e. The largest absolute Gasteiger partial charge is 0.361 e. The summed E-state index contributed by atoms with van der Waals surface area (Å²) in [6.07, 6.45) is 2.73. The van der Waals surface area contributed by atoms with Gasteiger partial charge in [-0.1, -0.05) is 0 Å². The number of nitrogens with zero attached hydrogens (tertiary/aromatic N) is 2. The number of nitrogens with one attached hydrogen (secondary N) is 1. The molecule has 12 heavy (non-hydrogen) atoms.